The maximum absolute atomic E-state index is 13.3. The molecule has 0 radical (unpaired) electrons. The van der Waals surface area contributed by atoms with Crippen LogP contribution in [0.5, 0.6) is 5.75 Å². The highest BCUT2D eigenvalue weighted by atomic mass is 19.1. The molecule has 7 nitrogen and oxygen atoms in total. The Morgan fingerprint density at radius 1 is 1.03 bits per heavy atom. The number of hydrogen-bond acceptors (Lipinski definition) is 7. The van der Waals surface area contributed by atoms with Gasteiger partial charge in [-0.15, -0.1) is 0 Å². The van der Waals surface area contributed by atoms with Crippen molar-refractivity contribution in [3.8, 4) is 5.75 Å². The lowest BCUT2D eigenvalue weighted by atomic mass is 10.1. The van der Waals surface area contributed by atoms with Gasteiger partial charge in [0.15, 0.2) is 5.78 Å². The molecule has 0 amide bonds. The molecule has 1 atom stereocenters. The van der Waals surface area contributed by atoms with Crippen LogP contribution in [-0.4, -0.2) is 71.2 Å². The molecule has 34 heavy (non-hydrogen) atoms. The Bertz CT molecular complexity index is 1080. The number of ether oxygens (including phenoxy) is 1. The van der Waals surface area contributed by atoms with E-state index in [4.69, 9.17) is 9.84 Å². The van der Waals surface area contributed by atoms with E-state index in [-0.39, 0.29) is 11.9 Å². The van der Waals surface area contributed by atoms with Crippen LogP contribution in [0.1, 0.15) is 15.9 Å². The van der Waals surface area contributed by atoms with Crippen molar-refractivity contribution < 1.29 is 19.0 Å². The summed E-state index contributed by atoms with van der Waals surface area (Å²) in [6.07, 6.45) is 6.76. The summed E-state index contributed by atoms with van der Waals surface area (Å²) in [4.78, 5) is 24.5. The zero-order valence-corrected chi connectivity index (χ0v) is 18.8. The van der Waals surface area contributed by atoms with Gasteiger partial charge in [0.25, 0.3) is 0 Å². The number of piperazine rings is 1. The van der Waals surface area contributed by atoms with Crippen molar-refractivity contribution in [3.05, 3.63) is 90.0 Å². The molecule has 176 valence electrons. The molecular weight excluding hydrogens is 435 g/mol. The average molecular weight is 463 g/mol. The summed E-state index contributed by atoms with van der Waals surface area (Å²) < 4.78 is 19.5. The van der Waals surface area contributed by atoms with Crippen molar-refractivity contribution in [2.24, 2.45) is 0 Å². The molecule has 0 spiro atoms. The number of halogens is 1. The van der Waals surface area contributed by atoms with E-state index in [1.54, 1.807) is 12.1 Å². The van der Waals surface area contributed by atoms with Crippen LogP contribution in [0, 0.1) is 5.82 Å². The number of nitrogens with zero attached hydrogens (tertiary/aromatic N) is 4. The number of aliphatic hydroxyl groups excluding tert-OH is 1. The minimum Gasteiger partial charge on any atom is -0.485 e. The lowest BCUT2D eigenvalue weighted by molar-refractivity contribution is 0.0903. The third-order valence-electron chi connectivity index (χ3n) is 5.60. The van der Waals surface area contributed by atoms with Gasteiger partial charge in [-0.05, 0) is 35.9 Å². The Kier molecular flexibility index (Phi) is 7.95. The Balaban J connectivity index is 1.38. The van der Waals surface area contributed by atoms with Crippen molar-refractivity contribution in [2.75, 3.05) is 44.2 Å². The summed E-state index contributed by atoms with van der Waals surface area (Å²) in [6, 6.07) is 16.1. The lowest BCUT2D eigenvalue weighted by Crippen LogP contribution is -2.49. The van der Waals surface area contributed by atoms with Gasteiger partial charge in [-0.2, -0.15) is 0 Å². The third kappa shape index (κ3) is 6.46. The smallest absolute Gasteiger partial charge is 0.225 e. The van der Waals surface area contributed by atoms with Gasteiger partial charge in [0.2, 0.25) is 5.95 Å². The summed E-state index contributed by atoms with van der Waals surface area (Å²) in [5.74, 6) is 0.494. The minimum absolute atomic E-state index is 0.211. The minimum atomic E-state index is -0.554. The number of benzene rings is 2. The van der Waals surface area contributed by atoms with Gasteiger partial charge in [0.05, 0.1) is 5.56 Å². The molecule has 0 saturated carbocycles. The molecule has 1 saturated heterocycles. The standard InChI is InChI=1S/C26H27FN4O3/c27-22-7-10-23(11-8-22)34-24(9-6-20-4-2-1-3-5-20)18-30-12-14-31(15-13-30)26-28-16-21(17-29-26)25(33)19-32/h1-11,16-17,24,32H,12-15,18-19H2/b9-6+. The van der Waals surface area contributed by atoms with Crippen LogP contribution >= 0.6 is 0 Å². The van der Waals surface area contributed by atoms with Crippen molar-refractivity contribution in [1.29, 1.82) is 0 Å². The van der Waals surface area contributed by atoms with Crippen LogP contribution in [0.15, 0.2) is 73.1 Å². The molecule has 1 aliphatic rings. The van der Waals surface area contributed by atoms with E-state index in [9.17, 15) is 9.18 Å². The Labute approximate surface area is 198 Å². The summed E-state index contributed by atoms with van der Waals surface area (Å²) in [5, 5.41) is 8.96. The van der Waals surface area contributed by atoms with Gasteiger partial charge in [-0.25, -0.2) is 14.4 Å². The summed E-state index contributed by atoms with van der Waals surface area (Å²) in [5.41, 5.74) is 1.39. The third-order valence-corrected chi connectivity index (χ3v) is 5.60. The van der Waals surface area contributed by atoms with Gasteiger partial charge in [-0.1, -0.05) is 36.4 Å². The lowest BCUT2D eigenvalue weighted by Gasteiger charge is -2.36. The molecule has 1 aromatic heterocycles. The van der Waals surface area contributed by atoms with Crippen LogP contribution in [0.25, 0.3) is 6.08 Å². The number of rotatable bonds is 9. The van der Waals surface area contributed by atoms with Crippen molar-refractivity contribution in [1.82, 2.24) is 14.9 Å². The molecule has 4 rings (SSSR count). The normalized spacial score (nSPS) is 15.4. The van der Waals surface area contributed by atoms with E-state index in [0.717, 1.165) is 31.7 Å². The summed E-state index contributed by atoms with van der Waals surface area (Å²) in [7, 11) is 0. The summed E-state index contributed by atoms with van der Waals surface area (Å²) >= 11 is 0. The van der Waals surface area contributed by atoms with Gasteiger partial charge in [0, 0.05) is 45.1 Å². The average Bonchev–Trinajstić information content (AvgIpc) is 2.89. The van der Waals surface area contributed by atoms with Gasteiger partial charge in [0.1, 0.15) is 24.3 Å². The Morgan fingerprint density at radius 2 is 1.71 bits per heavy atom. The van der Waals surface area contributed by atoms with E-state index >= 15 is 0 Å². The molecule has 1 aliphatic heterocycles. The molecule has 1 fully saturated rings. The second-order valence-corrected chi connectivity index (χ2v) is 8.02. The van der Waals surface area contributed by atoms with Crippen LogP contribution in [0.2, 0.25) is 0 Å². The van der Waals surface area contributed by atoms with Crippen molar-refractivity contribution in [2.45, 2.75) is 6.10 Å². The topological polar surface area (TPSA) is 78.8 Å². The number of hydrogen-bond donors (Lipinski definition) is 1. The number of ketones is 1. The summed E-state index contributed by atoms with van der Waals surface area (Å²) in [6.45, 7) is 3.19. The molecular formula is C26H27FN4O3. The number of anilines is 1. The molecule has 1 unspecified atom stereocenters. The highest BCUT2D eigenvalue weighted by Gasteiger charge is 2.22. The van der Waals surface area contributed by atoms with Crippen molar-refractivity contribution in [3.63, 3.8) is 0 Å². The maximum atomic E-state index is 13.3. The fourth-order valence-electron chi connectivity index (χ4n) is 3.71. The second-order valence-electron chi connectivity index (χ2n) is 8.02. The van der Waals surface area contributed by atoms with Gasteiger partial charge in [-0.3, -0.25) is 9.69 Å². The van der Waals surface area contributed by atoms with E-state index < -0.39 is 12.4 Å². The first-order valence-electron chi connectivity index (χ1n) is 11.2. The quantitative estimate of drug-likeness (QED) is 0.490. The van der Waals surface area contributed by atoms with Crippen LogP contribution in [-0.2, 0) is 0 Å². The maximum Gasteiger partial charge on any atom is 0.225 e. The molecule has 3 aromatic rings. The molecule has 8 heteroatoms. The largest absolute Gasteiger partial charge is 0.485 e. The van der Waals surface area contributed by atoms with Crippen LogP contribution < -0.4 is 9.64 Å². The number of carbonyl (C=O) groups is 1. The zero-order valence-electron chi connectivity index (χ0n) is 18.8. The molecule has 2 heterocycles. The predicted molar refractivity (Wildman–Crippen MR) is 128 cm³/mol. The number of Topliss-reactive ketones (excluding diaryl/α,β-unsaturated/α-hetero) is 1. The van der Waals surface area contributed by atoms with E-state index in [1.165, 1.54) is 24.5 Å². The SMILES string of the molecule is O=C(CO)c1cnc(N2CCN(CC(/C=C/c3ccccc3)Oc3ccc(F)cc3)CC2)nc1. The first kappa shape index (κ1) is 23.5. The van der Waals surface area contributed by atoms with Crippen molar-refractivity contribution >= 4 is 17.8 Å². The molecule has 0 bridgehead atoms. The highest BCUT2D eigenvalue weighted by Crippen LogP contribution is 2.17. The second kappa shape index (κ2) is 11.5. The number of carbonyl (C=O) groups excluding carboxylic acids is 1. The first-order chi connectivity index (χ1) is 16.6. The van der Waals surface area contributed by atoms with Crippen LogP contribution in [0.4, 0.5) is 10.3 Å². The number of aliphatic hydroxyl groups is 1. The first-order valence-corrected chi connectivity index (χ1v) is 11.2. The van der Waals surface area contributed by atoms with E-state index in [0.29, 0.717) is 23.8 Å². The molecule has 0 aliphatic carbocycles. The zero-order chi connectivity index (χ0) is 23.8. The fraction of sp³-hybridized carbons (Fsp3) is 0.269. The van der Waals surface area contributed by atoms with Crippen LogP contribution in [0.3, 0.4) is 0 Å². The molecule has 1 N–H and O–H groups in total. The Morgan fingerprint density at radius 3 is 2.35 bits per heavy atom. The predicted octanol–water partition coefficient (Wildman–Crippen LogP) is 3.07. The molecule has 2 aromatic carbocycles. The fourth-order valence-corrected chi connectivity index (χ4v) is 3.71. The van der Waals surface area contributed by atoms with E-state index in [2.05, 4.69) is 19.8 Å². The number of aromatic nitrogens is 2. The van der Waals surface area contributed by atoms with E-state index in [1.807, 2.05) is 42.5 Å². The Hall–Kier alpha value is -3.62. The van der Waals surface area contributed by atoms with Gasteiger partial charge < -0.3 is 14.7 Å². The monoisotopic (exact) mass is 462 g/mol. The highest BCUT2D eigenvalue weighted by molar-refractivity contribution is 5.96. The van der Waals surface area contributed by atoms with Gasteiger partial charge >= 0.3 is 0 Å².